The van der Waals surface area contributed by atoms with Gasteiger partial charge in [-0.15, -0.1) is 0 Å². The molecule has 0 aromatic heterocycles. The zero-order valence-electron chi connectivity index (χ0n) is 11.4. The Morgan fingerprint density at radius 2 is 2.15 bits per heavy atom. The summed E-state index contributed by atoms with van der Waals surface area (Å²) in [6.07, 6.45) is -0.482. The molecule has 1 aromatic carbocycles. The molecule has 0 aliphatic carbocycles. The van der Waals surface area contributed by atoms with Gasteiger partial charge < -0.3 is 9.94 Å². The summed E-state index contributed by atoms with van der Waals surface area (Å²) in [7, 11) is 0. The number of carbonyl (C=O) groups excluding carboxylic acids is 1. The van der Waals surface area contributed by atoms with Gasteiger partial charge in [-0.3, -0.25) is 0 Å². The number of nitrogens with zero attached hydrogens (tertiary/aromatic N) is 2. The first kappa shape index (κ1) is 16.8. The van der Waals surface area contributed by atoms with Crippen LogP contribution in [-0.4, -0.2) is 26.0 Å². The minimum Gasteiger partial charge on any atom is -0.443 e. The van der Waals surface area contributed by atoms with Crippen molar-refractivity contribution in [1.29, 1.82) is 0 Å². The monoisotopic (exact) mass is 362 g/mol. The van der Waals surface area contributed by atoms with Crippen molar-refractivity contribution in [3.05, 3.63) is 35.4 Å². The molecule has 110 valence electrons. The molecule has 1 rings (SSSR count). The van der Waals surface area contributed by atoms with Crippen LogP contribution in [0.2, 0.25) is 0 Å². The highest BCUT2D eigenvalue weighted by atomic mass is 79.9. The maximum absolute atomic E-state index is 11.8. The molecule has 0 spiro atoms. The number of amides is 1. The van der Waals surface area contributed by atoms with Gasteiger partial charge in [0.25, 0.3) is 0 Å². The van der Waals surface area contributed by atoms with Crippen LogP contribution in [-0.2, 0) is 11.3 Å². The molecule has 0 unspecified atom stereocenters. The molecular formula is C13H16BrClN2O3. The summed E-state index contributed by atoms with van der Waals surface area (Å²) in [6.45, 7) is 5.68. The molecule has 20 heavy (non-hydrogen) atoms. The fourth-order valence-electron chi connectivity index (χ4n) is 1.39. The van der Waals surface area contributed by atoms with Crippen LogP contribution < -0.4 is 0 Å². The Hall–Kier alpha value is -1.27. The fraction of sp³-hybridized carbons (Fsp3) is 0.385. The summed E-state index contributed by atoms with van der Waals surface area (Å²) in [5.41, 5.74) is 0.821. The molecule has 1 aromatic rings. The summed E-state index contributed by atoms with van der Waals surface area (Å²) in [5.74, 6) is 0. The van der Waals surface area contributed by atoms with Crippen molar-refractivity contribution in [1.82, 2.24) is 3.93 Å². The van der Waals surface area contributed by atoms with Crippen molar-refractivity contribution >= 4 is 39.0 Å². The second-order valence-corrected chi connectivity index (χ2v) is 6.31. The normalized spacial score (nSPS) is 12.2. The minimum atomic E-state index is -0.558. The quantitative estimate of drug-likeness (QED) is 0.380. The molecule has 0 aliphatic heterocycles. The first-order valence-corrected chi connectivity index (χ1v) is 6.95. The van der Waals surface area contributed by atoms with Gasteiger partial charge in [-0.25, -0.2) is 8.72 Å². The zero-order valence-corrected chi connectivity index (χ0v) is 13.8. The molecular weight excluding hydrogens is 348 g/mol. The average Bonchev–Trinajstić information content (AvgIpc) is 2.36. The lowest BCUT2D eigenvalue weighted by Crippen LogP contribution is -2.30. The number of rotatable bonds is 3. The van der Waals surface area contributed by atoms with E-state index in [1.54, 1.807) is 39.0 Å². The second-order valence-electron chi connectivity index (χ2n) is 5.09. The van der Waals surface area contributed by atoms with Crippen LogP contribution in [0.4, 0.5) is 4.79 Å². The lowest BCUT2D eigenvalue weighted by Gasteiger charge is -2.23. The van der Waals surface area contributed by atoms with E-state index in [9.17, 15) is 4.79 Å². The molecule has 7 heteroatoms. The summed E-state index contributed by atoms with van der Waals surface area (Å²) in [4.78, 5) is 11.8. The Labute approximate surface area is 131 Å². The Kier molecular flexibility index (Phi) is 5.83. The molecule has 5 nitrogen and oxygen atoms in total. The molecule has 0 fully saturated rings. The van der Waals surface area contributed by atoms with E-state index in [0.717, 1.165) is 5.56 Å². The average molecular weight is 364 g/mol. The number of hydrogen-bond acceptors (Lipinski definition) is 4. The van der Waals surface area contributed by atoms with Gasteiger partial charge in [-0.05, 0) is 32.4 Å². The van der Waals surface area contributed by atoms with Crippen molar-refractivity contribution in [2.75, 3.05) is 0 Å². The minimum absolute atomic E-state index is 0.00904. The molecule has 0 aliphatic rings. The van der Waals surface area contributed by atoms with Gasteiger partial charge >= 0.3 is 6.09 Å². The van der Waals surface area contributed by atoms with E-state index < -0.39 is 11.7 Å². The number of hydrogen-bond donors (Lipinski definition) is 1. The standard InChI is InChI=1S/C13H16BrClN2O3/c1-13(2,3)20-12(18)17(14)8-9-5-4-6-10(7-9)11(15)16-19/h4-7,19H,8H2,1-3H3. The maximum atomic E-state index is 11.8. The van der Waals surface area contributed by atoms with E-state index in [1.165, 1.54) is 3.93 Å². The smallest absolute Gasteiger partial charge is 0.420 e. The van der Waals surface area contributed by atoms with Crippen molar-refractivity contribution in [2.24, 2.45) is 5.16 Å². The number of oxime groups is 1. The molecule has 0 atom stereocenters. The number of benzene rings is 1. The lowest BCUT2D eigenvalue weighted by molar-refractivity contribution is 0.0407. The van der Waals surface area contributed by atoms with Crippen LogP contribution in [0.3, 0.4) is 0 Å². The van der Waals surface area contributed by atoms with Gasteiger partial charge in [0, 0.05) is 5.56 Å². The third-order valence-corrected chi connectivity index (χ3v) is 3.00. The van der Waals surface area contributed by atoms with E-state index in [0.29, 0.717) is 12.1 Å². The van der Waals surface area contributed by atoms with Gasteiger partial charge in [0.05, 0.1) is 22.7 Å². The van der Waals surface area contributed by atoms with Gasteiger partial charge in [0.1, 0.15) is 5.60 Å². The Morgan fingerprint density at radius 1 is 1.50 bits per heavy atom. The number of halogens is 2. The molecule has 0 heterocycles. The van der Waals surface area contributed by atoms with Gasteiger partial charge in [0.15, 0.2) is 5.17 Å². The van der Waals surface area contributed by atoms with Crippen LogP contribution in [0.1, 0.15) is 31.9 Å². The van der Waals surface area contributed by atoms with E-state index in [1.807, 2.05) is 6.07 Å². The van der Waals surface area contributed by atoms with E-state index in [4.69, 9.17) is 21.5 Å². The van der Waals surface area contributed by atoms with Gasteiger partial charge in [0.2, 0.25) is 0 Å². The SMILES string of the molecule is CC(C)(C)OC(=O)N(Br)Cc1cccc(C(Cl)=NO)c1. The highest BCUT2D eigenvalue weighted by molar-refractivity contribution is 9.07. The predicted octanol–water partition coefficient (Wildman–Crippen LogP) is 4.11. The summed E-state index contributed by atoms with van der Waals surface area (Å²) >= 11 is 8.89. The molecule has 0 radical (unpaired) electrons. The topological polar surface area (TPSA) is 62.1 Å². The molecule has 0 saturated heterocycles. The second kappa shape index (κ2) is 6.95. The van der Waals surface area contributed by atoms with E-state index >= 15 is 0 Å². The van der Waals surface area contributed by atoms with Gasteiger partial charge in [-0.1, -0.05) is 35.0 Å². The Balaban J connectivity index is 2.76. The third-order valence-electron chi connectivity index (χ3n) is 2.17. The van der Waals surface area contributed by atoms with Crippen molar-refractivity contribution < 1.29 is 14.7 Å². The first-order valence-electron chi connectivity index (χ1n) is 5.86. The fourth-order valence-corrected chi connectivity index (χ4v) is 1.87. The van der Waals surface area contributed by atoms with E-state index in [2.05, 4.69) is 21.3 Å². The summed E-state index contributed by atoms with van der Waals surface area (Å²) in [6, 6.07) is 7.01. The summed E-state index contributed by atoms with van der Waals surface area (Å²) < 4.78 is 6.50. The zero-order chi connectivity index (χ0) is 15.3. The highest BCUT2D eigenvalue weighted by Crippen LogP contribution is 2.17. The Morgan fingerprint density at radius 3 is 2.70 bits per heavy atom. The van der Waals surface area contributed by atoms with Crippen LogP contribution in [0.25, 0.3) is 0 Å². The number of ether oxygens (including phenoxy) is 1. The predicted molar refractivity (Wildman–Crippen MR) is 81.3 cm³/mol. The molecule has 0 saturated carbocycles. The Bertz CT molecular complexity index is 515. The van der Waals surface area contributed by atoms with E-state index in [-0.39, 0.29) is 5.17 Å². The third kappa shape index (κ3) is 5.38. The van der Waals surface area contributed by atoms with Crippen molar-refractivity contribution in [3.8, 4) is 0 Å². The van der Waals surface area contributed by atoms with Crippen molar-refractivity contribution in [2.45, 2.75) is 32.9 Å². The molecule has 1 amide bonds. The molecule has 1 N–H and O–H groups in total. The highest BCUT2D eigenvalue weighted by Gasteiger charge is 2.20. The van der Waals surface area contributed by atoms with Crippen LogP contribution in [0, 0.1) is 0 Å². The lowest BCUT2D eigenvalue weighted by atomic mass is 10.1. The first-order chi connectivity index (χ1) is 9.23. The maximum Gasteiger partial charge on any atom is 0.420 e. The largest absolute Gasteiger partial charge is 0.443 e. The van der Waals surface area contributed by atoms with Crippen molar-refractivity contribution in [3.63, 3.8) is 0 Å². The molecule has 0 bridgehead atoms. The van der Waals surface area contributed by atoms with Gasteiger partial charge in [-0.2, -0.15) is 0 Å². The van der Waals surface area contributed by atoms with Crippen LogP contribution in [0.15, 0.2) is 29.4 Å². The number of carbonyl (C=O) groups is 1. The van der Waals surface area contributed by atoms with Crippen LogP contribution in [0.5, 0.6) is 0 Å². The summed E-state index contributed by atoms with van der Waals surface area (Å²) in [5, 5.41) is 11.6. The van der Waals surface area contributed by atoms with Crippen LogP contribution >= 0.6 is 27.7 Å².